The first-order chi connectivity index (χ1) is 10.6. The monoisotopic (exact) mass is 389 g/mol. The molecule has 7 heteroatoms. The van der Waals surface area contributed by atoms with Gasteiger partial charge in [-0.2, -0.15) is 0 Å². The van der Waals surface area contributed by atoms with Crippen LogP contribution in [-0.2, 0) is 0 Å². The van der Waals surface area contributed by atoms with E-state index >= 15 is 0 Å². The van der Waals surface area contributed by atoms with Gasteiger partial charge in [0.2, 0.25) is 0 Å². The number of aryl methyl sites for hydroxylation is 1. The molecule has 2 rings (SSSR count). The second-order valence-electron chi connectivity index (χ2n) is 5.38. The quantitative estimate of drug-likeness (QED) is 0.744. The number of carbonyl (C=O) groups excluding carboxylic acids is 1. The van der Waals surface area contributed by atoms with Gasteiger partial charge >= 0.3 is 0 Å². The van der Waals surface area contributed by atoms with Crippen LogP contribution in [0, 0.1) is 6.92 Å². The topological polar surface area (TPSA) is 68.0 Å². The number of hydrogen-bond acceptors (Lipinski definition) is 4. The third-order valence-corrected chi connectivity index (χ3v) is 4.34. The zero-order valence-corrected chi connectivity index (χ0v) is 16.4. The minimum absolute atomic E-state index is 0. The summed E-state index contributed by atoms with van der Waals surface area (Å²) in [5.74, 6) is -0.0691. The van der Waals surface area contributed by atoms with E-state index in [-0.39, 0.29) is 36.8 Å². The summed E-state index contributed by atoms with van der Waals surface area (Å²) in [6, 6.07) is 7.62. The average molecular weight is 390 g/mol. The van der Waals surface area contributed by atoms with Crippen LogP contribution in [0.5, 0.6) is 0 Å². The maximum atomic E-state index is 12.4. The predicted octanol–water partition coefficient (Wildman–Crippen LogP) is 4.21. The van der Waals surface area contributed by atoms with Crippen LogP contribution in [0.1, 0.15) is 41.6 Å². The van der Waals surface area contributed by atoms with E-state index in [9.17, 15) is 4.79 Å². The van der Waals surface area contributed by atoms with Gasteiger partial charge in [0.05, 0.1) is 10.7 Å². The van der Waals surface area contributed by atoms with Crippen LogP contribution in [0.3, 0.4) is 0 Å². The van der Waals surface area contributed by atoms with Gasteiger partial charge in [-0.15, -0.1) is 36.2 Å². The molecule has 0 aliphatic carbocycles. The van der Waals surface area contributed by atoms with Crippen LogP contribution < -0.4 is 11.1 Å². The average Bonchev–Trinajstić information content (AvgIpc) is 2.98. The Balaban J connectivity index is 0.00000264. The Morgan fingerprint density at radius 2 is 2.12 bits per heavy atom. The van der Waals surface area contributed by atoms with E-state index in [0.717, 1.165) is 35.5 Å². The fourth-order valence-electron chi connectivity index (χ4n) is 2.28. The summed E-state index contributed by atoms with van der Waals surface area (Å²) in [5, 5.41) is 6.05. The molecule has 1 atom stereocenters. The van der Waals surface area contributed by atoms with E-state index in [2.05, 4.69) is 17.2 Å². The first-order valence-electron chi connectivity index (χ1n) is 7.67. The smallest absolute Gasteiger partial charge is 0.251 e. The first kappa shape index (κ1) is 22.9. The Kier molecular flexibility index (Phi) is 10.9. The van der Waals surface area contributed by atoms with Crippen LogP contribution in [-0.4, -0.2) is 23.5 Å². The standard InChI is InChI=1S/C17H23N3OS.2ClH/c1-3-4-8-15(10-18)20-17(21)14-7-5-6-13(9-14)16-11-22-12(2)19-16;;/h5-7,9,11,15H,3-4,8,10,18H2,1-2H3,(H,20,21);2*1H. The van der Waals surface area contributed by atoms with Crippen molar-refractivity contribution in [1.29, 1.82) is 0 Å². The summed E-state index contributed by atoms with van der Waals surface area (Å²) in [5.41, 5.74) is 8.27. The van der Waals surface area contributed by atoms with E-state index in [1.807, 2.05) is 36.6 Å². The van der Waals surface area contributed by atoms with Crippen molar-refractivity contribution in [3.05, 3.63) is 40.2 Å². The summed E-state index contributed by atoms with van der Waals surface area (Å²) >= 11 is 1.61. The third-order valence-electron chi connectivity index (χ3n) is 3.57. The molecule has 1 heterocycles. The number of benzene rings is 1. The Morgan fingerprint density at radius 1 is 1.38 bits per heavy atom. The van der Waals surface area contributed by atoms with Crippen molar-refractivity contribution in [1.82, 2.24) is 10.3 Å². The molecule has 0 spiro atoms. The molecular formula is C17H25Cl2N3OS. The molecule has 4 nitrogen and oxygen atoms in total. The summed E-state index contributed by atoms with van der Waals surface area (Å²) in [6.07, 6.45) is 3.09. The summed E-state index contributed by atoms with van der Waals surface area (Å²) in [6.45, 7) is 4.58. The minimum atomic E-state index is -0.0691. The number of hydrogen-bond donors (Lipinski definition) is 2. The van der Waals surface area contributed by atoms with Gasteiger partial charge in [-0.1, -0.05) is 31.9 Å². The molecule has 2 aromatic rings. The highest BCUT2D eigenvalue weighted by Crippen LogP contribution is 2.22. The Labute approximate surface area is 160 Å². The van der Waals surface area contributed by atoms with Gasteiger partial charge in [0.1, 0.15) is 0 Å². The molecule has 0 saturated heterocycles. The van der Waals surface area contributed by atoms with Gasteiger partial charge in [0.15, 0.2) is 0 Å². The van der Waals surface area contributed by atoms with E-state index < -0.39 is 0 Å². The summed E-state index contributed by atoms with van der Waals surface area (Å²) < 4.78 is 0. The van der Waals surface area contributed by atoms with Gasteiger partial charge < -0.3 is 11.1 Å². The van der Waals surface area contributed by atoms with Crippen molar-refractivity contribution in [3.63, 3.8) is 0 Å². The number of nitrogens with one attached hydrogen (secondary N) is 1. The van der Waals surface area contributed by atoms with Crippen molar-refractivity contribution in [2.45, 2.75) is 39.2 Å². The molecule has 0 saturated carbocycles. The molecule has 1 amide bonds. The van der Waals surface area contributed by atoms with Crippen molar-refractivity contribution in [2.24, 2.45) is 5.73 Å². The molecule has 1 aromatic heterocycles. The van der Waals surface area contributed by atoms with E-state index in [4.69, 9.17) is 5.73 Å². The van der Waals surface area contributed by atoms with Gasteiger partial charge in [0.25, 0.3) is 5.91 Å². The molecule has 0 bridgehead atoms. The molecule has 24 heavy (non-hydrogen) atoms. The van der Waals surface area contributed by atoms with Crippen LogP contribution in [0.4, 0.5) is 0 Å². The van der Waals surface area contributed by atoms with E-state index in [1.54, 1.807) is 11.3 Å². The van der Waals surface area contributed by atoms with Crippen molar-refractivity contribution < 1.29 is 4.79 Å². The number of unbranched alkanes of at least 4 members (excludes halogenated alkanes) is 1. The molecule has 1 unspecified atom stereocenters. The Hall–Kier alpha value is -1.14. The highest BCUT2D eigenvalue weighted by Gasteiger charge is 2.13. The molecule has 0 aliphatic heterocycles. The Morgan fingerprint density at radius 3 is 2.71 bits per heavy atom. The second-order valence-corrected chi connectivity index (χ2v) is 6.44. The lowest BCUT2D eigenvalue weighted by molar-refractivity contribution is 0.0936. The van der Waals surface area contributed by atoms with Gasteiger partial charge in [0, 0.05) is 29.1 Å². The summed E-state index contributed by atoms with van der Waals surface area (Å²) in [7, 11) is 0. The summed E-state index contributed by atoms with van der Waals surface area (Å²) in [4.78, 5) is 16.8. The highest BCUT2D eigenvalue weighted by atomic mass is 35.5. The zero-order valence-electron chi connectivity index (χ0n) is 14.0. The molecule has 0 fully saturated rings. The maximum absolute atomic E-state index is 12.4. The fraction of sp³-hybridized carbons (Fsp3) is 0.412. The molecule has 0 radical (unpaired) electrons. The number of nitrogens with two attached hydrogens (primary N) is 1. The molecule has 1 aromatic carbocycles. The number of amides is 1. The SMILES string of the molecule is CCCCC(CN)NC(=O)c1cccc(-c2csc(C)n2)c1.Cl.Cl. The number of thiazole rings is 1. The number of carbonyl (C=O) groups is 1. The van der Waals surface area contributed by atoms with Crippen LogP contribution in [0.2, 0.25) is 0 Å². The lowest BCUT2D eigenvalue weighted by Gasteiger charge is -2.16. The van der Waals surface area contributed by atoms with E-state index in [0.29, 0.717) is 12.1 Å². The number of nitrogens with zero attached hydrogens (tertiary/aromatic N) is 1. The molecule has 134 valence electrons. The van der Waals surface area contributed by atoms with Gasteiger partial charge in [-0.05, 0) is 25.5 Å². The third kappa shape index (κ3) is 6.40. The predicted molar refractivity (Wildman–Crippen MR) is 107 cm³/mol. The Bertz CT molecular complexity index is 634. The molecular weight excluding hydrogens is 365 g/mol. The number of halogens is 2. The number of rotatable bonds is 7. The normalized spacial score (nSPS) is 11.1. The fourth-order valence-corrected chi connectivity index (χ4v) is 2.91. The van der Waals surface area contributed by atoms with Crippen molar-refractivity contribution >= 4 is 42.1 Å². The van der Waals surface area contributed by atoms with Crippen molar-refractivity contribution in [3.8, 4) is 11.3 Å². The highest BCUT2D eigenvalue weighted by molar-refractivity contribution is 7.09. The van der Waals surface area contributed by atoms with Crippen molar-refractivity contribution in [2.75, 3.05) is 6.54 Å². The molecule has 0 aliphatic rings. The first-order valence-corrected chi connectivity index (χ1v) is 8.55. The largest absolute Gasteiger partial charge is 0.348 e. The van der Waals surface area contributed by atoms with Gasteiger partial charge in [-0.3, -0.25) is 4.79 Å². The van der Waals surface area contributed by atoms with Gasteiger partial charge in [-0.25, -0.2) is 4.98 Å². The van der Waals surface area contributed by atoms with E-state index in [1.165, 1.54) is 0 Å². The van der Waals surface area contributed by atoms with Crippen LogP contribution in [0.25, 0.3) is 11.3 Å². The second kappa shape index (κ2) is 11.4. The minimum Gasteiger partial charge on any atom is -0.348 e. The van der Waals surface area contributed by atoms with Crippen LogP contribution in [0.15, 0.2) is 29.6 Å². The lowest BCUT2D eigenvalue weighted by Crippen LogP contribution is -2.40. The lowest BCUT2D eigenvalue weighted by atomic mass is 10.1. The zero-order chi connectivity index (χ0) is 15.9. The van der Waals surface area contributed by atoms with Crippen LogP contribution >= 0.6 is 36.2 Å². The number of aromatic nitrogens is 1. The maximum Gasteiger partial charge on any atom is 0.251 e. The molecule has 3 N–H and O–H groups in total.